The number of aliphatic hydroxyl groups excluding tert-OH is 1. The molecule has 0 radical (unpaired) electrons. The number of ether oxygens (including phenoxy) is 1. The van der Waals surface area contributed by atoms with E-state index in [9.17, 15) is 0 Å². The minimum absolute atomic E-state index is 0.0949. The largest absolute Gasteiger partial charge is 0.394 e. The Labute approximate surface area is 136 Å². The fraction of sp³-hybridized carbons (Fsp3) is 0.700. The maximum Gasteiger partial charge on any atom is 0.0704 e. The Kier molecular flexibility index (Phi) is 7.58. The van der Waals surface area contributed by atoms with Crippen LogP contribution in [-0.2, 0) is 11.2 Å². The Bertz CT molecular complexity index is 421. The molecule has 2 heteroatoms. The zero-order valence-corrected chi connectivity index (χ0v) is 15.3. The molecule has 0 aliphatic rings. The van der Waals surface area contributed by atoms with E-state index < -0.39 is 0 Å². The van der Waals surface area contributed by atoms with Crippen molar-refractivity contribution in [2.45, 2.75) is 78.2 Å². The number of benzene rings is 1. The predicted molar refractivity (Wildman–Crippen MR) is 94.7 cm³/mol. The second-order valence-corrected chi connectivity index (χ2v) is 7.50. The van der Waals surface area contributed by atoms with E-state index in [1.165, 1.54) is 16.7 Å². The lowest BCUT2D eigenvalue weighted by Crippen LogP contribution is -2.26. The minimum atomic E-state index is -0.154. The van der Waals surface area contributed by atoms with E-state index in [2.05, 4.69) is 59.7 Å². The van der Waals surface area contributed by atoms with Gasteiger partial charge in [0.05, 0.1) is 18.8 Å². The number of rotatable bonds is 9. The van der Waals surface area contributed by atoms with Gasteiger partial charge in [-0.3, -0.25) is 0 Å². The molecule has 0 aliphatic heterocycles. The lowest BCUT2D eigenvalue weighted by atomic mass is 9.91. The minimum Gasteiger partial charge on any atom is -0.394 e. The van der Waals surface area contributed by atoms with Crippen LogP contribution < -0.4 is 0 Å². The fourth-order valence-corrected chi connectivity index (χ4v) is 2.67. The van der Waals surface area contributed by atoms with Gasteiger partial charge in [0.25, 0.3) is 0 Å². The van der Waals surface area contributed by atoms with Crippen molar-refractivity contribution in [3.05, 3.63) is 34.9 Å². The molecule has 0 aromatic heterocycles. The van der Waals surface area contributed by atoms with Gasteiger partial charge in [-0.25, -0.2) is 0 Å². The van der Waals surface area contributed by atoms with Gasteiger partial charge in [0.15, 0.2) is 0 Å². The first-order chi connectivity index (χ1) is 10.2. The molecule has 0 atom stereocenters. The molecule has 1 N–H and O–H groups in total. The molecule has 0 fully saturated rings. The highest BCUT2D eigenvalue weighted by atomic mass is 16.5. The lowest BCUT2D eigenvalue weighted by Gasteiger charge is -2.25. The maximum absolute atomic E-state index is 8.87. The lowest BCUT2D eigenvalue weighted by molar-refractivity contribution is -0.0390. The van der Waals surface area contributed by atoms with E-state index in [0.717, 1.165) is 19.3 Å². The molecular weight excluding hydrogens is 272 g/mol. The van der Waals surface area contributed by atoms with Crippen molar-refractivity contribution >= 4 is 0 Å². The van der Waals surface area contributed by atoms with Crippen molar-refractivity contribution in [1.82, 2.24) is 0 Å². The highest BCUT2D eigenvalue weighted by Gasteiger charge is 2.17. The van der Waals surface area contributed by atoms with Crippen molar-refractivity contribution in [2.75, 3.05) is 13.2 Å². The van der Waals surface area contributed by atoms with Gasteiger partial charge in [-0.15, -0.1) is 0 Å². The van der Waals surface area contributed by atoms with Gasteiger partial charge in [0.2, 0.25) is 0 Å². The van der Waals surface area contributed by atoms with E-state index in [1.54, 1.807) is 0 Å². The van der Waals surface area contributed by atoms with Crippen molar-refractivity contribution in [3.63, 3.8) is 0 Å². The Morgan fingerprint density at radius 3 is 2.00 bits per heavy atom. The van der Waals surface area contributed by atoms with Crippen LogP contribution in [0.15, 0.2) is 18.2 Å². The first-order valence-corrected chi connectivity index (χ1v) is 8.63. The molecule has 1 aromatic rings. The average molecular weight is 306 g/mol. The van der Waals surface area contributed by atoms with Crippen LogP contribution in [0.25, 0.3) is 0 Å². The third kappa shape index (κ3) is 6.50. The van der Waals surface area contributed by atoms with E-state index >= 15 is 0 Å². The van der Waals surface area contributed by atoms with Gasteiger partial charge in [-0.2, -0.15) is 0 Å². The topological polar surface area (TPSA) is 29.5 Å². The third-order valence-electron chi connectivity index (χ3n) is 4.20. The van der Waals surface area contributed by atoms with E-state index in [4.69, 9.17) is 9.84 Å². The summed E-state index contributed by atoms with van der Waals surface area (Å²) in [5, 5.41) is 8.87. The van der Waals surface area contributed by atoms with Crippen LogP contribution in [0.3, 0.4) is 0 Å². The maximum atomic E-state index is 8.87. The van der Waals surface area contributed by atoms with Crippen LogP contribution in [0.4, 0.5) is 0 Å². The summed E-state index contributed by atoms with van der Waals surface area (Å²) >= 11 is 0. The number of hydrogen-bond acceptors (Lipinski definition) is 2. The summed E-state index contributed by atoms with van der Waals surface area (Å²) in [7, 11) is 0. The molecule has 0 bridgehead atoms. The highest BCUT2D eigenvalue weighted by molar-refractivity contribution is 5.33. The van der Waals surface area contributed by atoms with Gasteiger partial charge < -0.3 is 9.84 Å². The molecule has 0 unspecified atom stereocenters. The molecule has 2 nitrogen and oxygen atoms in total. The van der Waals surface area contributed by atoms with Crippen LogP contribution >= 0.6 is 0 Å². The summed E-state index contributed by atoms with van der Waals surface area (Å²) in [4.78, 5) is 0. The third-order valence-corrected chi connectivity index (χ3v) is 4.20. The molecule has 0 spiro atoms. The SMILES string of the molecule is CC(C)c1cc(CCCC(C)(C)OCCO)cc(C(C)C)c1. The molecular formula is C20H34O2. The predicted octanol–water partition coefficient (Wildman–Crippen LogP) is 5.04. The zero-order chi connectivity index (χ0) is 16.8. The second-order valence-electron chi connectivity index (χ2n) is 7.50. The van der Waals surface area contributed by atoms with E-state index in [1.807, 2.05) is 0 Å². The van der Waals surface area contributed by atoms with Crippen LogP contribution in [-0.4, -0.2) is 23.9 Å². The van der Waals surface area contributed by atoms with E-state index in [0.29, 0.717) is 18.4 Å². The molecule has 1 rings (SSSR count). The summed E-state index contributed by atoms with van der Waals surface area (Å²) in [6, 6.07) is 7.07. The Balaban J connectivity index is 2.69. The second kappa shape index (κ2) is 8.69. The monoisotopic (exact) mass is 306 g/mol. The summed E-state index contributed by atoms with van der Waals surface area (Å²) in [5.74, 6) is 1.14. The van der Waals surface area contributed by atoms with Gasteiger partial charge in [0, 0.05) is 0 Å². The standard InChI is InChI=1S/C20H34O2/c1-15(2)18-12-17(13-19(14-18)16(3)4)8-7-9-20(5,6)22-11-10-21/h12-16,21H,7-11H2,1-6H3. The zero-order valence-electron chi connectivity index (χ0n) is 15.3. The fourth-order valence-electron chi connectivity index (χ4n) is 2.67. The molecule has 126 valence electrons. The molecule has 0 saturated heterocycles. The molecule has 0 saturated carbocycles. The number of hydrogen-bond donors (Lipinski definition) is 1. The molecule has 0 aliphatic carbocycles. The normalized spacial score (nSPS) is 12.4. The smallest absolute Gasteiger partial charge is 0.0704 e. The van der Waals surface area contributed by atoms with Crippen molar-refractivity contribution < 1.29 is 9.84 Å². The summed E-state index contributed by atoms with van der Waals surface area (Å²) in [5.41, 5.74) is 4.17. The summed E-state index contributed by atoms with van der Waals surface area (Å²) in [6.45, 7) is 13.8. The summed E-state index contributed by atoms with van der Waals surface area (Å²) in [6.07, 6.45) is 3.21. The average Bonchev–Trinajstić information content (AvgIpc) is 2.44. The van der Waals surface area contributed by atoms with Crippen molar-refractivity contribution in [1.29, 1.82) is 0 Å². The highest BCUT2D eigenvalue weighted by Crippen LogP contribution is 2.25. The van der Waals surface area contributed by atoms with Gasteiger partial charge >= 0.3 is 0 Å². The van der Waals surface area contributed by atoms with Gasteiger partial charge in [0.1, 0.15) is 0 Å². The molecule has 0 heterocycles. The van der Waals surface area contributed by atoms with Crippen LogP contribution in [0.5, 0.6) is 0 Å². The van der Waals surface area contributed by atoms with Gasteiger partial charge in [-0.1, -0.05) is 45.9 Å². The van der Waals surface area contributed by atoms with Gasteiger partial charge in [-0.05, 0) is 61.6 Å². The Hall–Kier alpha value is -0.860. The Morgan fingerprint density at radius 2 is 1.55 bits per heavy atom. The molecule has 1 aromatic carbocycles. The van der Waals surface area contributed by atoms with Crippen LogP contribution in [0, 0.1) is 0 Å². The van der Waals surface area contributed by atoms with Crippen LogP contribution in [0.2, 0.25) is 0 Å². The van der Waals surface area contributed by atoms with Crippen molar-refractivity contribution in [3.8, 4) is 0 Å². The number of aryl methyl sites for hydroxylation is 1. The summed E-state index contributed by atoms with van der Waals surface area (Å²) < 4.78 is 5.69. The van der Waals surface area contributed by atoms with E-state index in [-0.39, 0.29) is 12.2 Å². The first kappa shape index (κ1) is 19.2. The Morgan fingerprint density at radius 1 is 1.00 bits per heavy atom. The first-order valence-electron chi connectivity index (χ1n) is 8.63. The molecule has 22 heavy (non-hydrogen) atoms. The van der Waals surface area contributed by atoms with Crippen molar-refractivity contribution in [2.24, 2.45) is 0 Å². The van der Waals surface area contributed by atoms with Crippen LogP contribution in [0.1, 0.15) is 82.9 Å². The molecule has 0 amide bonds. The quantitative estimate of drug-likeness (QED) is 0.692. The number of aliphatic hydroxyl groups is 1.